The molecule has 0 radical (unpaired) electrons. The second kappa shape index (κ2) is 8.49. The normalized spacial score (nSPS) is 13.1. The molecule has 1 amide bonds. The first-order chi connectivity index (χ1) is 13.0. The third-order valence-electron chi connectivity index (χ3n) is 4.41. The Balaban J connectivity index is 1.51. The average molecular weight is 365 g/mol. The number of aromatic nitrogens is 2. The summed E-state index contributed by atoms with van der Waals surface area (Å²) in [5.74, 6) is -0.934. The Morgan fingerprint density at radius 1 is 1.07 bits per heavy atom. The van der Waals surface area contributed by atoms with E-state index in [9.17, 15) is 9.59 Å². The Labute approximate surface area is 157 Å². The second-order valence-electron chi connectivity index (χ2n) is 6.60. The third-order valence-corrected chi connectivity index (χ3v) is 4.41. The van der Waals surface area contributed by atoms with Gasteiger partial charge in [-0.2, -0.15) is 5.10 Å². The number of ether oxygens (including phenoxy) is 1. The fraction of sp³-hybridized carbons (Fsp3) is 0.286. The van der Waals surface area contributed by atoms with Gasteiger partial charge in [-0.05, 0) is 38.3 Å². The molecule has 6 heteroatoms. The monoisotopic (exact) mass is 365 g/mol. The fourth-order valence-electron chi connectivity index (χ4n) is 2.85. The summed E-state index contributed by atoms with van der Waals surface area (Å²) in [6, 6.07) is 17.4. The van der Waals surface area contributed by atoms with Crippen molar-refractivity contribution < 1.29 is 14.3 Å². The summed E-state index contributed by atoms with van der Waals surface area (Å²) in [6.07, 6.45) is 0.781. The number of aromatic amines is 1. The van der Waals surface area contributed by atoms with Crippen LogP contribution < -0.4 is 5.32 Å². The van der Waals surface area contributed by atoms with E-state index in [2.05, 4.69) is 27.6 Å². The van der Waals surface area contributed by atoms with Gasteiger partial charge in [-0.1, -0.05) is 48.5 Å². The number of benzene rings is 2. The highest BCUT2D eigenvalue weighted by molar-refractivity contribution is 6.02. The maximum atomic E-state index is 12.3. The summed E-state index contributed by atoms with van der Waals surface area (Å²) < 4.78 is 5.29. The first kappa shape index (κ1) is 18.6. The number of hydrogen-bond donors (Lipinski definition) is 2. The number of H-pyrrole nitrogens is 1. The van der Waals surface area contributed by atoms with E-state index < -0.39 is 12.1 Å². The minimum atomic E-state index is -0.896. The van der Waals surface area contributed by atoms with Crippen LogP contribution in [0.1, 0.15) is 36.3 Å². The molecule has 140 valence electrons. The van der Waals surface area contributed by atoms with Crippen LogP contribution in [0.25, 0.3) is 10.9 Å². The number of carbonyl (C=O) groups is 2. The predicted molar refractivity (Wildman–Crippen MR) is 103 cm³/mol. The van der Waals surface area contributed by atoms with Crippen molar-refractivity contribution in [2.75, 3.05) is 0 Å². The van der Waals surface area contributed by atoms with Gasteiger partial charge in [0, 0.05) is 11.4 Å². The zero-order chi connectivity index (χ0) is 19.2. The third kappa shape index (κ3) is 4.73. The van der Waals surface area contributed by atoms with E-state index in [1.807, 2.05) is 43.3 Å². The molecule has 2 N–H and O–H groups in total. The molecule has 0 spiro atoms. The number of nitrogens with one attached hydrogen (secondary N) is 2. The van der Waals surface area contributed by atoms with Gasteiger partial charge in [-0.3, -0.25) is 9.89 Å². The number of rotatable bonds is 7. The van der Waals surface area contributed by atoms with Gasteiger partial charge < -0.3 is 10.1 Å². The second-order valence-corrected chi connectivity index (χ2v) is 6.60. The highest BCUT2D eigenvalue weighted by atomic mass is 16.5. The maximum absolute atomic E-state index is 12.3. The number of aryl methyl sites for hydroxylation is 1. The molecule has 0 aliphatic rings. The van der Waals surface area contributed by atoms with Gasteiger partial charge in [0.1, 0.15) is 0 Å². The average Bonchev–Trinajstić information content (AvgIpc) is 3.11. The van der Waals surface area contributed by atoms with Crippen molar-refractivity contribution in [2.45, 2.75) is 38.8 Å². The number of carbonyl (C=O) groups excluding carboxylic acids is 2. The zero-order valence-electron chi connectivity index (χ0n) is 15.4. The van der Waals surface area contributed by atoms with E-state index in [-0.39, 0.29) is 17.6 Å². The molecule has 2 aromatic carbocycles. The van der Waals surface area contributed by atoms with Crippen LogP contribution >= 0.6 is 0 Å². The molecule has 0 fully saturated rings. The van der Waals surface area contributed by atoms with Crippen molar-refractivity contribution in [3.63, 3.8) is 0 Å². The summed E-state index contributed by atoms with van der Waals surface area (Å²) in [5.41, 5.74) is 2.15. The van der Waals surface area contributed by atoms with E-state index >= 15 is 0 Å². The Bertz CT molecular complexity index is 921. The van der Waals surface area contributed by atoms with E-state index in [4.69, 9.17) is 4.74 Å². The Morgan fingerprint density at radius 2 is 1.78 bits per heavy atom. The zero-order valence-corrected chi connectivity index (χ0v) is 15.4. The van der Waals surface area contributed by atoms with Crippen molar-refractivity contribution in [2.24, 2.45) is 0 Å². The van der Waals surface area contributed by atoms with Crippen molar-refractivity contribution in [3.05, 3.63) is 65.9 Å². The summed E-state index contributed by atoms with van der Waals surface area (Å²) in [4.78, 5) is 24.7. The number of esters is 1. The minimum absolute atomic E-state index is 0.0231. The van der Waals surface area contributed by atoms with Crippen molar-refractivity contribution >= 4 is 22.8 Å². The summed E-state index contributed by atoms with van der Waals surface area (Å²) in [7, 11) is 0. The van der Waals surface area contributed by atoms with E-state index in [1.54, 1.807) is 13.0 Å². The first-order valence-electron chi connectivity index (χ1n) is 9.03. The minimum Gasteiger partial charge on any atom is -0.448 e. The molecule has 0 unspecified atom stereocenters. The van der Waals surface area contributed by atoms with Gasteiger partial charge in [0.2, 0.25) is 0 Å². The number of para-hydroxylation sites is 1. The van der Waals surface area contributed by atoms with Gasteiger partial charge in [-0.25, -0.2) is 4.79 Å². The van der Waals surface area contributed by atoms with Crippen molar-refractivity contribution in [3.8, 4) is 0 Å². The SMILES string of the molecule is C[C@@H](CCc1ccccc1)NC(=O)[C@@H](C)OC(=O)c1n[nH]c2ccccc12. The van der Waals surface area contributed by atoms with Gasteiger partial charge in [-0.15, -0.1) is 0 Å². The molecule has 27 heavy (non-hydrogen) atoms. The molecule has 1 aromatic heterocycles. The van der Waals surface area contributed by atoms with E-state index in [0.29, 0.717) is 5.39 Å². The van der Waals surface area contributed by atoms with Gasteiger partial charge >= 0.3 is 5.97 Å². The van der Waals surface area contributed by atoms with E-state index in [1.165, 1.54) is 5.56 Å². The van der Waals surface area contributed by atoms with E-state index in [0.717, 1.165) is 18.4 Å². The lowest BCUT2D eigenvalue weighted by Gasteiger charge is -2.17. The number of nitrogens with zero attached hydrogens (tertiary/aromatic N) is 1. The standard InChI is InChI=1S/C21H23N3O3/c1-14(12-13-16-8-4-3-5-9-16)22-20(25)15(2)27-21(26)19-17-10-6-7-11-18(17)23-24-19/h3-11,14-15H,12-13H2,1-2H3,(H,22,25)(H,23,24)/t14-,15+/m0/s1. The molecule has 0 aliphatic carbocycles. The summed E-state index contributed by atoms with van der Waals surface area (Å²) in [6.45, 7) is 3.50. The molecule has 0 saturated carbocycles. The number of amides is 1. The Hall–Kier alpha value is -3.15. The molecular formula is C21H23N3O3. The Morgan fingerprint density at radius 3 is 2.56 bits per heavy atom. The van der Waals surface area contributed by atoms with Gasteiger partial charge in [0.05, 0.1) is 5.52 Å². The quantitative estimate of drug-likeness (QED) is 0.630. The lowest BCUT2D eigenvalue weighted by molar-refractivity contribution is -0.129. The molecular weight excluding hydrogens is 342 g/mol. The molecule has 1 heterocycles. The molecule has 6 nitrogen and oxygen atoms in total. The van der Waals surface area contributed by atoms with Crippen LogP contribution in [0, 0.1) is 0 Å². The van der Waals surface area contributed by atoms with Crippen LogP contribution in [0.2, 0.25) is 0 Å². The first-order valence-corrected chi connectivity index (χ1v) is 9.03. The largest absolute Gasteiger partial charge is 0.448 e. The molecule has 3 rings (SSSR count). The maximum Gasteiger partial charge on any atom is 0.360 e. The lowest BCUT2D eigenvalue weighted by atomic mass is 10.1. The highest BCUT2D eigenvalue weighted by Gasteiger charge is 2.23. The Kier molecular flexibility index (Phi) is 5.86. The summed E-state index contributed by atoms with van der Waals surface area (Å²) in [5, 5.41) is 10.4. The fourth-order valence-corrected chi connectivity index (χ4v) is 2.85. The van der Waals surface area contributed by atoms with Crippen LogP contribution in [-0.2, 0) is 16.0 Å². The van der Waals surface area contributed by atoms with Crippen LogP contribution in [0.5, 0.6) is 0 Å². The molecule has 0 aliphatic heterocycles. The molecule has 0 bridgehead atoms. The summed E-state index contributed by atoms with van der Waals surface area (Å²) >= 11 is 0. The topological polar surface area (TPSA) is 84.1 Å². The van der Waals surface area contributed by atoms with Gasteiger partial charge in [0.15, 0.2) is 11.8 Å². The van der Waals surface area contributed by atoms with Crippen LogP contribution in [0.3, 0.4) is 0 Å². The number of fused-ring (bicyclic) bond motifs is 1. The smallest absolute Gasteiger partial charge is 0.360 e. The highest BCUT2D eigenvalue weighted by Crippen LogP contribution is 2.16. The lowest BCUT2D eigenvalue weighted by Crippen LogP contribution is -2.41. The van der Waals surface area contributed by atoms with Crippen LogP contribution in [-0.4, -0.2) is 34.2 Å². The number of hydrogen-bond acceptors (Lipinski definition) is 4. The van der Waals surface area contributed by atoms with Crippen LogP contribution in [0.15, 0.2) is 54.6 Å². The molecule has 2 atom stereocenters. The molecule has 0 saturated heterocycles. The van der Waals surface area contributed by atoms with Gasteiger partial charge in [0.25, 0.3) is 5.91 Å². The van der Waals surface area contributed by atoms with Crippen molar-refractivity contribution in [1.82, 2.24) is 15.5 Å². The molecule has 3 aromatic rings. The van der Waals surface area contributed by atoms with Crippen LogP contribution in [0.4, 0.5) is 0 Å². The predicted octanol–water partition coefficient (Wildman–Crippen LogP) is 3.25. The van der Waals surface area contributed by atoms with Crippen molar-refractivity contribution in [1.29, 1.82) is 0 Å².